The van der Waals surface area contributed by atoms with E-state index < -0.39 is 0 Å². The maximum Gasteiger partial charge on any atom is 0.240 e. The van der Waals surface area contributed by atoms with Gasteiger partial charge in [-0.05, 0) is 30.2 Å². The summed E-state index contributed by atoms with van der Waals surface area (Å²) in [6.45, 7) is 4.09. The van der Waals surface area contributed by atoms with Gasteiger partial charge in [0.15, 0.2) is 5.13 Å². The number of aromatic nitrogens is 1. The summed E-state index contributed by atoms with van der Waals surface area (Å²) in [5.41, 5.74) is 1.28. The number of thiazole rings is 1. The van der Waals surface area contributed by atoms with Crippen LogP contribution >= 0.6 is 27.3 Å². The van der Waals surface area contributed by atoms with Gasteiger partial charge in [-0.15, -0.1) is 0 Å². The molecular weight excluding hydrogens is 419 g/mol. The quantitative estimate of drug-likeness (QED) is 0.528. The van der Waals surface area contributed by atoms with Gasteiger partial charge in [-0.2, -0.15) is 0 Å². The fourth-order valence-electron chi connectivity index (χ4n) is 2.30. The monoisotopic (exact) mass is 436 g/mol. The third-order valence-electron chi connectivity index (χ3n) is 3.78. The molecule has 0 fully saturated rings. The topological polar surface area (TPSA) is 51.2 Å². The normalized spacial score (nSPS) is 12.3. The van der Waals surface area contributed by atoms with E-state index in [2.05, 4.69) is 26.2 Å². The van der Waals surface area contributed by atoms with Crippen molar-refractivity contribution in [2.45, 2.75) is 25.3 Å². The fraction of sp³-hybridized carbons (Fsp3) is 0.263. The van der Waals surface area contributed by atoms with E-state index in [4.69, 9.17) is 4.74 Å². The third kappa shape index (κ3) is 4.40. The molecule has 0 aliphatic rings. The van der Waals surface area contributed by atoms with Gasteiger partial charge in [-0.25, -0.2) is 9.37 Å². The van der Waals surface area contributed by atoms with Crippen LogP contribution in [0.4, 0.5) is 9.52 Å². The van der Waals surface area contributed by atoms with E-state index in [1.54, 1.807) is 24.3 Å². The van der Waals surface area contributed by atoms with Gasteiger partial charge < -0.3 is 10.1 Å². The van der Waals surface area contributed by atoms with E-state index in [0.717, 1.165) is 10.2 Å². The van der Waals surface area contributed by atoms with Gasteiger partial charge in [0.05, 0.1) is 15.0 Å². The summed E-state index contributed by atoms with van der Waals surface area (Å²) in [4.78, 5) is 16.3. The molecule has 0 spiro atoms. The van der Waals surface area contributed by atoms with E-state index in [0.29, 0.717) is 16.4 Å². The summed E-state index contributed by atoms with van der Waals surface area (Å²) in [5.74, 6) is 0.409. The van der Waals surface area contributed by atoms with Crippen LogP contribution in [-0.4, -0.2) is 15.7 Å². The Kier molecular flexibility index (Phi) is 5.88. The Morgan fingerprint density at radius 2 is 2.08 bits per heavy atom. The highest BCUT2D eigenvalue weighted by atomic mass is 79.9. The lowest BCUT2D eigenvalue weighted by Crippen LogP contribution is -2.26. The fourth-order valence-corrected chi connectivity index (χ4v) is 3.31. The zero-order valence-corrected chi connectivity index (χ0v) is 16.7. The second kappa shape index (κ2) is 8.14. The van der Waals surface area contributed by atoms with Crippen molar-refractivity contribution in [2.75, 3.05) is 5.32 Å². The van der Waals surface area contributed by atoms with Crippen molar-refractivity contribution in [1.82, 2.24) is 4.98 Å². The van der Waals surface area contributed by atoms with Crippen LogP contribution in [0.25, 0.3) is 10.2 Å². The molecule has 4 nitrogen and oxygen atoms in total. The van der Waals surface area contributed by atoms with Crippen LogP contribution in [0, 0.1) is 11.7 Å². The van der Waals surface area contributed by atoms with Crippen molar-refractivity contribution in [3.8, 4) is 5.75 Å². The number of nitrogens with zero attached hydrogens (tertiary/aromatic N) is 1. The molecule has 1 aromatic heterocycles. The summed E-state index contributed by atoms with van der Waals surface area (Å²) < 4.78 is 20.2. The Morgan fingerprint density at radius 1 is 1.31 bits per heavy atom. The zero-order valence-electron chi connectivity index (χ0n) is 14.3. The number of hydrogen-bond donors (Lipinski definition) is 1. The Labute approximate surface area is 163 Å². The Morgan fingerprint density at radius 3 is 2.81 bits per heavy atom. The molecule has 0 bridgehead atoms. The van der Waals surface area contributed by atoms with Gasteiger partial charge in [-0.3, -0.25) is 4.79 Å². The summed E-state index contributed by atoms with van der Waals surface area (Å²) in [6, 6.07) is 12.0. The van der Waals surface area contributed by atoms with Gasteiger partial charge >= 0.3 is 0 Å². The molecule has 3 aromatic rings. The number of carbonyl (C=O) groups is 1. The average Bonchev–Trinajstić information content (AvgIpc) is 3.01. The van der Waals surface area contributed by atoms with Crippen molar-refractivity contribution in [3.05, 3.63) is 53.8 Å². The summed E-state index contributed by atoms with van der Waals surface area (Å²) in [7, 11) is 0. The van der Waals surface area contributed by atoms with Crippen LogP contribution in [0.1, 0.15) is 19.4 Å². The molecule has 2 aromatic carbocycles. The Hall–Kier alpha value is -1.99. The highest BCUT2D eigenvalue weighted by Crippen LogP contribution is 2.30. The number of halogens is 2. The Bertz CT molecular complexity index is 929. The van der Waals surface area contributed by atoms with Crippen LogP contribution in [-0.2, 0) is 11.4 Å². The first-order chi connectivity index (χ1) is 12.4. The van der Waals surface area contributed by atoms with Gasteiger partial charge in [0, 0.05) is 5.56 Å². The highest BCUT2D eigenvalue weighted by Gasteiger charge is 2.20. The van der Waals surface area contributed by atoms with Crippen molar-refractivity contribution >= 4 is 48.5 Å². The van der Waals surface area contributed by atoms with Crippen molar-refractivity contribution in [2.24, 2.45) is 5.92 Å². The highest BCUT2D eigenvalue weighted by molar-refractivity contribution is 9.10. The van der Waals surface area contributed by atoms with Crippen LogP contribution in [0.2, 0.25) is 0 Å². The molecule has 1 amide bonds. The molecule has 0 saturated carbocycles. The predicted octanol–water partition coefficient (Wildman–Crippen LogP) is 5.37. The number of benzene rings is 2. The molecule has 1 N–H and O–H groups in total. The van der Waals surface area contributed by atoms with E-state index in [1.165, 1.54) is 17.4 Å². The smallest absolute Gasteiger partial charge is 0.240 e. The minimum absolute atomic E-state index is 0.116. The zero-order chi connectivity index (χ0) is 18.7. The van der Waals surface area contributed by atoms with Crippen LogP contribution in [0.15, 0.2) is 42.5 Å². The molecule has 0 unspecified atom stereocenters. The summed E-state index contributed by atoms with van der Waals surface area (Å²) in [5, 5.41) is 3.37. The molecule has 0 radical (unpaired) electrons. The molecule has 1 heterocycles. The summed E-state index contributed by atoms with van der Waals surface area (Å²) >= 11 is 4.76. The number of rotatable bonds is 6. The second-order valence-corrected chi connectivity index (χ2v) is 8.18. The maximum absolute atomic E-state index is 13.7. The number of alkyl halides is 1. The van der Waals surface area contributed by atoms with Gasteiger partial charge in [0.1, 0.15) is 18.2 Å². The van der Waals surface area contributed by atoms with Gasteiger partial charge in [0.2, 0.25) is 5.91 Å². The lowest BCUT2D eigenvalue weighted by atomic mass is 10.1. The number of ether oxygens (including phenoxy) is 1. The first kappa shape index (κ1) is 18.8. The number of carbonyl (C=O) groups excluding carboxylic acids is 1. The first-order valence-electron chi connectivity index (χ1n) is 8.16. The number of nitrogens with one attached hydrogen (secondary N) is 1. The van der Waals surface area contributed by atoms with Crippen LogP contribution in [0.3, 0.4) is 0 Å². The van der Waals surface area contributed by atoms with Crippen molar-refractivity contribution < 1.29 is 13.9 Å². The molecular formula is C19H18BrFN2O2S. The number of anilines is 1. The number of hydrogen-bond acceptors (Lipinski definition) is 4. The lowest BCUT2D eigenvalue weighted by Gasteiger charge is -2.11. The molecule has 136 valence electrons. The number of fused-ring (bicyclic) bond motifs is 1. The van der Waals surface area contributed by atoms with Crippen LogP contribution < -0.4 is 10.1 Å². The van der Waals surface area contributed by atoms with E-state index in [9.17, 15) is 9.18 Å². The minimum Gasteiger partial charge on any atom is -0.489 e. The summed E-state index contributed by atoms with van der Waals surface area (Å²) in [6.07, 6.45) is 0. The van der Waals surface area contributed by atoms with Crippen LogP contribution in [0.5, 0.6) is 5.75 Å². The predicted molar refractivity (Wildman–Crippen MR) is 107 cm³/mol. The van der Waals surface area contributed by atoms with E-state index in [1.807, 2.05) is 26.0 Å². The molecule has 0 aliphatic carbocycles. The molecule has 26 heavy (non-hydrogen) atoms. The van der Waals surface area contributed by atoms with Crippen molar-refractivity contribution in [3.63, 3.8) is 0 Å². The largest absolute Gasteiger partial charge is 0.489 e. The second-order valence-electron chi connectivity index (χ2n) is 6.16. The van der Waals surface area contributed by atoms with E-state index >= 15 is 0 Å². The minimum atomic E-state index is -0.286. The number of amides is 1. The average molecular weight is 437 g/mol. The standard InChI is InChI=1S/C19H18BrFN2O2S/c1-11(2)17(20)18(24)23-19-22-15-8-7-13(9-16(15)26-19)25-10-12-5-3-4-6-14(12)21/h3-9,11,17H,10H2,1-2H3,(H,22,23,24)/t17-/m1/s1. The third-order valence-corrected chi connectivity index (χ3v) is 6.18. The molecule has 0 saturated heterocycles. The van der Waals surface area contributed by atoms with E-state index in [-0.39, 0.29) is 29.1 Å². The molecule has 1 atom stereocenters. The molecule has 3 rings (SSSR count). The molecule has 7 heteroatoms. The first-order valence-corrected chi connectivity index (χ1v) is 9.89. The van der Waals surface area contributed by atoms with Gasteiger partial charge in [0.25, 0.3) is 0 Å². The molecule has 0 aliphatic heterocycles. The maximum atomic E-state index is 13.7. The van der Waals surface area contributed by atoms with Gasteiger partial charge in [-0.1, -0.05) is 59.3 Å². The SMILES string of the molecule is CC(C)[C@@H](Br)C(=O)Nc1nc2ccc(OCc3ccccc3F)cc2s1. The Balaban J connectivity index is 1.71. The lowest BCUT2D eigenvalue weighted by molar-refractivity contribution is -0.116. The van der Waals surface area contributed by atoms with Crippen molar-refractivity contribution in [1.29, 1.82) is 0 Å².